The minimum absolute atomic E-state index is 0.0483. The Morgan fingerprint density at radius 3 is 2.54 bits per heavy atom. The summed E-state index contributed by atoms with van der Waals surface area (Å²) in [5, 5.41) is 18.6. The van der Waals surface area contributed by atoms with E-state index in [1.54, 1.807) is 6.92 Å². The van der Waals surface area contributed by atoms with Crippen LogP contribution < -0.4 is 0 Å². The Labute approximate surface area is 167 Å². The largest absolute Gasteiger partial charge is 0.465 e. The van der Waals surface area contributed by atoms with Gasteiger partial charge in [-0.2, -0.15) is 5.26 Å². The second-order valence-electron chi connectivity index (χ2n) is 8.08. The number of carbonyl (C=O) groups is 2. The molecule has 1 atom stereocenters. The fraction of sp³-hybridized carbons (Fsp3) is 0.684. The van der Waals surface area contributed by atoms with E-state index in [2.05, 4.69) is 38.8 Å². The third-order valence-electron chi connectivity index (χ3n) is 5.12. The third kappa shape index (κ3) is 5.91. The molecule has 1 heterocycles. The van der Waals surface area contributed by atoms with Crippen LogP contribution in [-0.2, 0) is 20.4 Å². The van der Waals surface area contributed by atoms with Gasteiger partial charge in [0.2, 0.25) is 0 Å². The molecule has 1 N–H and O–H groups in total. The van der Waals surface area contributed by atoms with Crippen LogP contribution >= 0.6 is 0 Å². The van der Waals surface area contributed by atoms with Crippen molar-refractivity contribution in [2.75, 3.05) is 13.2 Å². The van der Waals surface area contributed by atoms with Gasteiger partial charge in [0.25, 0.3) is 0 Å². The molecule has 0 aliphatic carbocycles. The normalized spacial score (nSPS) is 13.0. The van der Waals surface area contributed by atoms with Crippen LogP contribution in [-0.4, -0.2) is 48.3 Å². The van der Waals surface area contributed by atoms with Crippen LogP contribution in [0.3, 0.4) is 0 Å². The van der Waals surface area contributed by atoms with E-state index >= 15 is 0 Å². The molecule has 9 heteroatoms. The molecule has 0 aromatic carbocycles. The Balaban J connectivity index is 3.08. The molecular formula is C19H31N3O5Si. The van der Waals surface area contributed by atoms with Crippen molar-refractivity contribution in [2.45, 2.75) is 71.0 Å². The second kappa shape index (κ2) is 9.84. The highest BCUT2D eigenvalue weighted by atomic mass is 28.4. The molecular weight excluding hydrogens is 378 g/mol. The number of hydrogen-bond donors (Lipinski definition) is 1. The van der Waals surface area contributed by atoms with Gasteiger partial charge in [-0.25, -0.2) is 14.3 Å². The summed E-state index contributed by atoms with van der Waals surface area (Å²) >= 11 is 0. The lowest BCUT2D eigenvalue weighted by Gasteiger charge is -2.36. The van der Waals surface area contributed by atoms with Gasteiger partial charge in [0.1, 0.15) is 11.7 Å². The predicted molar refractivity (Wildman–Crippen MR) is 107 cm³/mol. The van der Waals surface area contributed by atoms with Gasteiger partial charge >= 0.3 is 12.1 Å². The average Bonchev–Trinajstić information content (AvgIpc) is 2.98. The summed E-state index contributed by atoms with van der Waals surface area (Å²) in [5.74, 6) is -1.09. The van der Waals surface area contributed by atoms with Crippen LogP contribution in [0.2, 0.25) is 18.1 Å². The van der Waals surface area contributed by atoms with Gasteiger partial charge in [-0.3, -0.25) is 4.79 Å². The maximum atomic E-state index is 12.3. The Hall–Kier alpha value is -2.18. The van der Waals surface area contributed by atoms with Crippen molar-refractivity contribution >= 4 is 20.4 Å². The van der Waals surface area contributed by atoms with E-state index < -0.39 is 26.3 Å². The number of nitriles is 1. The summed E-state index contributed by atoms with van der Waals surface area (Å²) in [6.45, 7) is 12.9. The summed E-state index contributed by atoms with van der Waals surface area (Å²) < 4.78 is 12.2. The minimum atomic E-state index is -1.96. The van der Waals surface area contributed by atoms with Gasteiger partial charge in [-0.05, 0) is 31.5 Å². The lowest BCUT2D eigenvalue weighted by atomic mass is 10.00. The molecule has 156 valence electrons. The Kier molecular flexibility index (Phi) is 8.39. The minimum Gasteiger partial charge on any atom is -0.465 e. The average molecular weight is 410 g/mol. The topological polar surface area (TPSA) is 114 Å². The molecule has 0 bridgehead atoms. The van der Waals surface area contributed by atoms with Crippen molar-refractivity contribution in [1.29, 1.82) is 5.26 Å². The van der Waals surface area contributed by atoms with E-state index in [9.17, 15) is 14.7 Å². The van der Waals surface area contributed by atoms with Crippen LogP contribution in [0, 0.1) is 11.3 Å². The zero-order valence-corrected chi connectivity index (χ0v) is 18.6. The zero-order valence-electron chi connectivity index (χ0n) is 17.6. The van der Waals surface area contributed by atoms with Crippen molar-refractivity contribution in [1.82, 2.24) is 9.55 Å². The second-order valence-corrected chi connectivity index (χ2v) is 12.9. The van der Waals surface area contributed by atoms with Gasteiger partial charge in [0.05, 0.1) is 18.4 Å². The molecule has 1 unspecified atom stereocenters. The van der Waals surface area contributed by atoms with Gasteiger partial charge in [0, 0.05) is 25.6 Å². The summed E-state index contributed by atoms with van der Waals surface area (Å²) in [6, 6.07) is 1.99. The predicted octanol–water partition coefficient (Wildman–Crippen LogP) is 3.92. The molecule has 8 nitrogen and oxygen atoms in total. The Bertz CT molecular complexity index is 731. The number of ether oxygens (including phenoxy) is 1. The van der Waals surface area contributed by atoms with Gasteiger partial charge < -0.3 is 14.3 Å². The fourth-order valence-electron chi connectivity index (χ4n) is 2.50. The number of aromatic nitrogens is 2. The van der Waals surface area contributed by atoms with E-state index in [-0.39, 0.29) is 30.2 Å². The number of esters is 1. The quantitative estimate of drug-likeness (QED) is 0.485. The number of carboxylic acid groups (broad SMARTS) is 1. The van der Waals surface area contributed by atoms with Crippen molar-refractivity contribution in [2.24, 2.45) is 0 Å². The summed E-state index contributed by atoms with van der Waals surface area (Å²) in [6.07, 6.45) is 0.759. The summed E-state index contributed by atoms with van der Waals surface area (Å²) in [4.78, 5) is 28.4. The number of carbonyl (C=O) groups excluding carboxylic acids is 1. The van der Waals surface area contributed by atoms with Crippen molar-refractivity contribution in [3.05, 3.63) is 17.7 Å². The van der Waals surface area contributed by atoms with E-state index in [4.69, 9.17) is 14.4 Å². The molecule has 28 heavy (non-hydrogen) atoms. The molecule has 0 saturated carbocycles. The van der Waals surface area contributed by atoms with E-state index in [0.717, 1.165) is 4.57 Å². The van der Waals surface area contributed by atoms with Gasteiger partial charge in [-0.15, -0.1) is 0 Å². The molecule has 0 amide bonds. The molecule has 0 saturated heterocycles. The first-order valence-corrected chi connectivity index (χ1v) is 12.3. The van der Waals surface area contributed by atoms with Crippen molar-refractivity contribution in [3.63, 3.8) is 0 Å². The lowest BCUT2D eigenvalue weighted by Crippen LogP contribution is -2.41. The van der Waals surface area contributed by atoms with Crippen LogP contribution in [0.15, 0.2) is 6.20 Å². The van der Waals surface area contributed by atoms with E-state index in [1.807, 2.05) is 6.07 Å². The van der Waals surface area contributed by atoms with Crippen LogP contribution in [0.4, 0.5) is 4.79 Å². The van der Waals surface area contributed by atoms with Gasteiger partial charge in [-0.1, -0.05) is 20.8 Å². The zero-order chi connectivity index (χ0) is 21.5. The van der Waals surface area contributed by atoms with Crippen LogP contribution in [0.5, 0.6) is 0 Å². The van der Waals surface area contributed by atoms with Crippen molar-refractivity contribution in [3.8, 4) is 6.07 Å². The molecule has 0 aliphatic heterocycles. The molecule has 1 rings (SSSR count). The number of hydrogen-bond acceptors (Lipinski definition) is 6. The van der Waals surface area contributed by atoms with E-state index in [0.29, 0.717) is 18.9 Å². The summed E-state index contributed by atoms with van der Waals surface area (Å²) in [5.41, 5.74) is 0.225. The first-order chi connectivity index (χ1) is 13.0. The molecule has 0 fully saturated rings. The Morgan fingerprint density at radius 1 is 1.39 bits per heavy atom. The maximum Gasteiger partial charge on any atom is 0.417 e. The molecule has 1 aromatic heterocycles. The SMILES string of the molecule is CCOC(=O)C(CCC#N)c1cnc(CCO[Si](C)(C)C(C)(C)C)n1C(=O)O. The van der Waals surface area contributed by atoms with Crippen LogP contribution in [0.25, 0.3) is 0 Å². The molecule has 1 aromatic rings. The maximum absolute atomic E-state index is 12.3. The smallest absolute Gasteiger partial charge is 0.417 e. The highest BCUT2D eigenvalue weighted by molar-refractivity contribution is 6.74. The first-order valence-electron chi connectivity index (χ1n) is 9.43. The highest BCUT2D eigenvalue weighted by Gasteiger charge is 2.37. The summed E-state index contributed by atoms with van der Waals surface area (Å²) in [7, 11) is -1.96. The third-order valence-corrected chi connectivity index (χ3v) is 9.66. The molecule has 0 aliphatic rings. The highest BCUT2D eigenvalue weighted by Crippen LogP contribution is 2.36. The molecule has 0 radical (unpaired) electrons. The lowest BCUT2D eigenvalue weighted by molar-refractivity contribution is -0.145. The van der Waals surface area contributed by atoms with Crippen molar-refractivity contribution < 1.29 is 23.9 Å². The van der Waals surface area contributed by atoms with Crippen LogP contribution in [0.1, 0.15) is 58.0 Å². The molecule has 0 spiro atoms. The monoisotopic (exact) mass is 409 g/mol. The Morgan fingerprint density at radius 2 is 2.04 bits per heavy atom. The standard InChI is InChI=1S/C19H31N3O5Si/c1-7-26-17(23)14(9-8-11-20)15-13-21-16(22(15)18(24)25)10-12-27-28(5,6)19(2,3)4/h13-14H,7-10,12H2,1-6H3,(H,24,25). The van der Waals surface area contributed by atoms with E-state index in [1.165, 1.54) is 6.20 Å². The van der Waals surface area contributed by atoms with Gasteiger partial charge in [0.15, 0.2) is 8.32 Å². The first kappa shape index (κ1) is 23.9. The fourth-order valence-corrected chi connectivity index (χ4v) is 3.55. The number of nitrogens with zero attached hydrogens (tertiary/aromatic N) is 3. The number of rotatable bonds is 9. The number of imidazole rings is 1.